The van der Waals surface area contributed by atoms with Crippen LogP contribution in [0, 0.1) is 18.3 Å². The van der Waals surface area contributed by atoms with Gasteiger partial charge < -0.3 is 19.3 Å². The molecule has 2 fully saturated rings. The maximum absolute atomic E-state index is 9.81. The van der Waals surface area contributed by atoms with Gasteiger partial charge in [0.15, 0.2) is 11.5 Å². The van der Waals surface area contributed by atoms with E-state index in [2.05, 4.69) is 4.90 Å². The Bertz CT molecular complexity index is 536. The summed E-state index contributed by atoms with van der Waals surface area (Å²) in [6, 6.07) is 5.97. The molecule has 2 saturated heterocycles. The van der Waals surface area contributed by atoms with Crippen molar-refractivity contribution >= 4 is 0 Å². The third-order valence-corrected chi connectivity index (χ3v) is 5.18. The lowest BCUT2D eigenvalue weighted by Crippen LogP contribution is -2.43. The summed E-state index contributed by atoms with van der Waals surface area (Å²) in [5, 5.41) is 9.81. The molecule has 2 heterocycles. The van der Waals surface area contributed by atoms with Crippen LogP contribution in [0.2, 0.25) is 0 Å². The fourth-order valence-corrected chi connectivity index (χ4v) is 3.78. The lowest BCUT2D eigenvalue weighted by atomic mass is 9.76. The van der Waals surface area contributed by atoms with Gasteiger partial charge in [-0.3, -0.25) is 4.90 Å². The lowest BCUT2D eigenvalue weighted by molar-refractivity contribution is -0.0561. The van der Waals surface area contributed by atoms with E-state index in [4.69, 9.17) is 14.2 Å². The second-order valence-electron chi connectivity index (χ2n) is 6.80. The van der Waals surface area contributed by atoms with Crippen LogP contribution in [0.5, 0.6) is 11.5 Å². The van der Waals surface area contributed by atoms with Crippen molar-refractivity contribution in [2.24, 2.45) is 11.3 Å². The fraction of sp³-hybridized carbons (Fsp3) is 0.667. The van der Waals surface area contributed by atoms with Gasteiger partial charge in [-0.25, -0.2) is 0 Å². The Balaban J connectivity index is 1.54. The van der Waals surface area contributed by atoms with E-state index in [9.17, 15) is 5.11 Å². The number of ether oxygens (including phenoxy) is 3. The highest BCUT2D eigenvalue weighted by molar-refractivity contribution is 5.42. The molecule has 1 N–H and O–H groups in total. The monoisotopic (exact) mass is 321 g/mol. The molecule has 0 radical (unpaired) electrons. The van der Waals surface area contributed by atoms with Gasteiger partial charge in [-0.2, -0.15) is 0 Å². The second kappa shape index (κ2) is 7.07. The van der Waals surface area contributed by atoms with Gasteiger partial charge in [0.2, 0.25) is 0 Å². The first-order chi connectivity index (χ1) is 11.2. The zero-order chi connectivity index (χ0) is 16.3. The molecule has 2 aliphatic heterocycles. The maximum atomic E-state index is 9.81. The molecule has 23 heavy (non-hydrogen) atoms. The highest BCUT2D eigenvalue weighted by atomic mass is 16.5. The molecule has 2 atom stereocenters. The Labute approximate surface area is 138 Å². The molecule has 1 aromatic carbocycles. The molecule has 5 nitrogen and oxygen atoms in total. The number of likely N-dealkylation sites (tertiary alicyclic amines) is 1. The summed E-state index contributed by atoms with van der Waals surface area (Å²) in [7, 11) is 1.66. The van der Waals surface area contributed by atoms with Crippen molar-refractivity contribution < 1.29 is 19.3 Å². The summed E-state index contributed by atoms with van der Waals surface area (Å²) >= 11 is 0. The average molecular weight is 321 g/mol. The third-order valence-electron chi connectivity index (χ3n) is 5.18. The van der Waals surface area contributed by atoms with Crippen molar-refractivity contribution in [3.63, 3.8) is 0 Å². The summed E-state index contributed by atoms with van der Waals surface area (Å²) < 4.78 is 16.9. The molecule has 2 aliphatic rings. The van der Waals surface area contributed by atoms with Crippen molar-refractivity contribution in [2.75, 3.05) is 53.2 Å². The van der Waals surface area contributed by atoms with E-state index in [1.165, 1.54) is 0 Å². The number of methoxy groups -OCH3 is 1. The minimum Gasteiger partial charge on any atom is -0.493 e. The SMILES string of the molecule is COc1cc(C)ccc1OCCN1C[C@@H]2CCOC[C@]2(CO)C1. The minimum atomic E-state index is -0.0696. The van der Waals surface area contributed by atoms with E-state index in [-0.39, 0.29) is 12.0 Å². The van der Waals surface area contributed by atoms with Crippen LogP contribution in [0.4, 0.5) is 0 Å². The van der Waals surface area contributed by atoms with Gasteiger partial charge >= 0.3 is 0 Å². The number of hydrogen-bond acceptors (Lipinski definition) is 5. The predicted octanol–water partition coefficient (Wildman–Crippen LogP) is 1.71. The van der Waals surface area contributed by atoms with E-state index in [0.717, 1.165) is 49.7 Å². The molecule has 3 rings (SSSR count). The first-order valence-corrected chi connectivity index (χ1v) is 8.35. The number of aryl methyl sites for hydroxylation is 1. The van der Waals surface area contributed by atoms with Gasteiger partial charge in [0.25, 0.3) is 0 Å². The van der Waals surface area contributed by atoms with Gasteiger partial charge in [0.05, 0.1) is 20.3 Å². The number of hydrogen-bond donors (Lipinski definition) is 1. The van der Waals surface area contributed by atoms with Crippen molar-refractivity contribution in [3.05, 3.63) is 23.8 Å². The van der Waals surface area contributed by atoms with Gasteiger partial charge in [0.1, 0.15) is 6.61 Å². The summed E-state index contributed by atoms with van der Waals surface area (Å²) in [6.07, 6.45) is 1.05. The number of rotatable bonds is 6. The Morgan fingerprint density at radius 1 is 1.39 bits per heavy atom. The van der Waals surface area contributed by atoms with Gasteiger partial charge in [-0.1, -0.05) is 6.07 Å². The van der Waals surface area contributed by atoms with Crippen LogP contribution in [-0.4, -0.2) is 63.2 Å². The standard InChI is InChI=1S/C18H27NO4/c1-14-3-4-16(17(9-14)21-2)23-8-6-19-10-15-5-7-22-13-18(15,11-19)12-20/h3-4,9,15,20H,5-8,10-13H2,1-2H3/t15-,18+/m0/s1. The zero-order valence-corrected chi connectivity index (χ0v) is 14.1. The Morgan fingerprint density at radius 3 is 3.00 bits per heavy atom. The first kappa shape index (κ1) is 16.6. The van der Waals surface area contributed by atoms with E-state index in [1.807, 2.05) is 25.1 Å². The third kappa shape index (κ3) is 3.47. The highest BCUT2D eigenvalue weighted by Crippen LogP contribution is 2.40. The van der Waals surface area contributed by atoms with Crippen LogP contribution in [0.25, 0.3) is 0 Å². The van der Waals surface area contributed by atoms with E-state index in [1.54, 1.807) is 7.11 Å². The zero-order valence-electron chi connectivity index (χ0n) is 14.1. The molecule has 5 heteroatoms. The molecule has 0 unspecified atom stereocenters. The summed E-state index contributed by atoms with van der Waals surface area (Å²) in [5.74, 6) is 2.10. The minimum absolute atomic E-state index is 0.0696. The van der Waals surface area contributed by atoms with Crippen LogP contribution in [0.15, 0.2) is 18.2 Å². The molecule has 0 aromatic heterocycles. The molecular weight excluding hydrogens is 294 g/mol. The van der Waals surface area contributed by atoms with Crippen LogP contribution in [0.3, 0.4) is 0 Å². The molecule has 0 saturated carbocycles. The molecule has 0 amide bonds. The molecule has 0 spiro atoms. The molecule has 0 aliphatic carbocycles. The largest absolute Gasteiger partial charge is 0.493 e. The summed E-state index contributed by atoms with van der Waals surface area (Å²) in [5.41, 5.74) is 1.09. The van der Waals surface area contributed by atoms with E-state index >= 15 is 0 Å². The number of benzene rings is 1. The Kier molecular flexibility index (Phi) is 5.09. The van der Waals surface area contributed by atoms with Crippen LogP contribution < -0.4 is 9.47 Å². The summed E-state index contributed by atoms with van der Waals surface area (Å²) in [6.45, 7) is 7.13. The molecular formula is C18H27NO4. The number of fused-ring (bicyclic) bond motifs is 1. The normalized spacial score (nSPS) is 27.7. The van der Waals surface area contributed by atoms with Crippen molar-refractivity contribution in [1.82, 2.24) is 4.90 Å². The van der Waals surface area contributed by atoms with Crippen molar-refractivity contribution in [3.8, 4) is 11.5 Å². The lowest BCUT2D eigenvalue weighted by Gasteiger charge is -2.36. The first-order valence-electron chi connectivity index (χ1n) is 8.35. The Hall–Kier alpha value is -1.30. The molecule has 128 valence electrons. The van der Waals surface area contributed by atoms with Crippen molar-refractivity contribution in [2.45, 2.75) is 13.3 Å². The van der Waals surface area contributed by atoms with Gasteiger partial charge in [0, 0.05) is 31.7 Å². The number of aliphatic hydroxyl groups excluding tert-OH is 1. The fourth-order valence-electron chi connectivity index (χ4n) is 3.78. The van der Waals surface area contributed by atoms with Gasteiger partial charge in [-0.15, -0.1) is 0 Å². The predicted molar refractivity (Wildman–Crippen MR) is 88.1 cm³/mol. The smallest absolute Gasteiger partial charge is 0.161 e. The van der Waals surface area contributed by atoms with E-state index < -0.39 is 0 Å². The average Bonchev–Trinajstić information content (AvgIpc) is 2.95. The maximum Gasteiger partial charge on any atom is 0.161 e. The number of aliphatic hydroxyl groups is 1. The molecule has 1 aromatic rings. The van der Waals surface area contributed by atoms with Crippen molar-refractivity contribution in [1.29, 1.82) is 0 Å². The van der Waals surface area contributed by atoms with Crippen LogP contribution >= 0.6 is 0 Å². The van der Waals surface area contributed by atoms with Crippen LogP contribution in [0.1, 0.15) is 12.0 Å². The van der Waals surface area contributed by atoms with E-state index in [0.29, 0.717) is 19.1 Å². The molecule has 0 bridgehead atoms. The van der Waals surface area contributed by atoms with Gasteiger partial charge in [-0.05, 0) is 37.0 Å². The number of nitrogens with zero attached hydrogens (tertiary/aromatic N) is 1. The quantitative estimate of drug-likeness (QED) is 0.864. The second-order valence-corrected chi connectivity index (χ2v) is 6.80. The highest BCUT2D eigenvalue weighted by Gasteiger charge is 2.47. The summed E-state index contributed by atoms with van der Waals surface area (Å²) in [4.78, 5) is 2.39. The topological polar surface area (TPSA) is 51.2 Å². The van der Waals surface area contributed by atoms with Crippen LogP contribution in [-0.2, 0) is 4.74 Å². The Morgan fingerprint density at radius 2 is 2.26 bits per heavy atom.